The number of hydrogen-bond acceptors (Lipinski definition) is 5. The number of amides is 1. The summed E-state index contributed by atoms with van der Waals surface area (Å²) in [6.07, 6.45) is 4.89. The largest absolute Gasteiger partial charge is 0.497 e. The van der Waals surface area contributed by atoms with Gasteiger partial charge in [0.25, 0.3) is 0 Å². The predicted octanol–water partition coefficient (Wildman–Crippen LogP) is 4.79. The molecule has 0 saturated carbocycles. The Morgan fingerprint density at radius 2 is 1.89 bits per heavy atom. The molecule has 28 heavy (non-hydrogen) atoms. The Labute approximate surface area is 167 Å². The fraction of sp³-hybridized carbons (Fsp3) is 0.318. The average molecular weight is 394 g/mol. The van der Waals surface area contributed by atoms with Gasteiger partial charge in [-0.05, 0) is 61.1 Å². The number of hydrogen-bond donors (Lipinski definition) is 1. The highest BCUT2D eigenvalue weighted by molar-refractivity contribution is 7.22. The first-order valence-corrected chi connectivity index (χ1v) is 10.3. The van der Waals surface area contributed by atoms with Crippen molar-refractivity contribution in [1.82, 2.24) is 4.98 Å². The molecular weight excluding hydrogens is 372 g/mol. The summed E-state index contributed by atoms with van der Waals surface area (Å²) >= 11 is 1.39. The maximum Gasteiger partial charge on any atom is 0.226 e. The van der Waals surface area contributed by atoms with Crippen molar-refractivity contribution in [3.8, 4) is 5.75 Å². The zero-order chi connectivity index (χ0) is 19.5. The number of anilines is 1. The molecule has 1 heterocycles. The number of fused-ring (bicyclic) bond motifs is 2. The first-order chi connectivity index (χ1) is 13.6. The highest BCUT2D eigenvalue weighted by Crippen LogP contribution is 2.29. The van der Waals surface area contributed by atoms with Gasteiger partial charge < -0.3 is 10.1 Å². The summed E-state index contributed by atoms with van der Waals surface area (Å²) in [6.45, 7) is 0. The minimum absolute atomic E-state index is 0.0116. The molecule has 4 rings (SSSR count). The topological polar surface area (TPSA) is 68.3 Å². The normalized spacial score (nSPS) is 13.2. The summed E-state index contributed by atoms with van der Waals surface area (Å²) in [5.41, 5.74) is 4.16. The fourth-order valence-electron chi connectivity index (χ4n) is 3.55. The first-order valence-electron chi connectivity index (χ1n) is 9.52. The molecule has 0 atom stereocenters. The summed E-state index contributed by atoms with van der Waals surface area (Å²) in [5, 5.41) is 3.34. The van der Waals surface area contributed by atoms with E-state index in [9.17, 15) is 9.59 Å². The summed E-state index contributed by atoms with van der Waals surface area (Å²) in [4.78, 5) is 29.2. The number of methoxy groups -OCH3 is 1. The Bertz CT molecular complexity index is 1040. The number of benzene rings is 2. The molecule has 0 saturated heterocycles. The van der Waals surface area contributed by atoms with E-state index >= 15 is 0 Å². The molecule has 1 N–H and O–H groups in total. The summed E-state index contributed by atoms with van der Waals surface area (Å²) in [6, 6.07) is 11.6. The van der Waals surface area contributed by atoms with E-state index in [1.54, 1.807) is 7.11 Å². The minimum atomic E-state index is -0.197. The smallest absolute Gasteiger partial charge is 0.226 e. The third-order valence-electron chi connectivity index (χ3n) is 5.09. The Morgan fingerprint density at radius 3 is 2.71 bits per heavy atom. The number of ether oxygens (including phenoxy) is 1. The van der Waals surface area contributed by atoms with Crippen molar-refractivity contribution in [1.29, 1.82) is 0 Å². The average Bonchev–Trinajstić information content (AvgIpc) is 3.12. The fourth-order valence-corrected chi connectivity index (χ4v) is 4.46. The monoisotopic (exact) mass is 394 g/mol. The molecule has 0 fully saturated rings. The molecule has 3 aromatic rings. The van der Waals surface area contributed by atoms with Crippen molar-refractivity contribution in [2.24, 2.45) is 0 Å². The number of carbonyl (C=O) groups is 2. The molecule has 0 bridgehead atoms. The number of Topliss-reactive ketones (excluding diaryl/α,β-unsaturated/α-hetero) is 1. The Morgan fingerprint density at radius 1 is 1.07 bits per heavy atom. The van der Waals surface area contributed by atoms with Gasteiger partial charge in [0.15, 0.2) is 10.9 Å². The zero-order valence-corrected chi connectivity index (χ0v) is 16.6. The van der Waals surface area contributed by atoms with Gasteiger partial charge in [-0.3, -0.25) is 9.59 Å². The van der Waals surface area contributed by atoms with Gasteiger partial charge in [-0.25, -0.2) is 4.98 Å². The number of carbonyl (C=O) groups excluding carboxylic acids is 2. The lowest BCUT2D eigenvalue weighted by Crippen LogP contribution is -2.13. The van der Waals surface area contributed by atoms with Crippen LogP contribution >= 0.6 is 11.3 Å². The molecule has 2 aromatic carbocycles. The molecular formula is C22H22N2O3S. The molecule has 144 valence electrons. The number of rotatable bonds is 6. The van der Waals surface area contributed by atoms with Crippen molar-refractivity contribution in [3.05, 3.63) is 53.1 Å². The van der Waals surface area contributed by atoms with Crippen molar-refractivity contribution < 1.29 is 14.3 Å². The number of aromatic nitrogens is 1. The van der Waals surface area contributed by atoms with E-state index in [4.69, 9.17) is 4.74 Å². The quantitative estimate of drug-likeness (QED) is 0.611. The van der Waals surface area contributed by atoms with Gasteiger partial charge in [0.2, 0.25) is 5.91 Å². The third-order valence-corrected chi connectivity index (χ3v) is 6.03. The van der Waals surface area contributed by atoms with Gasteiger partial charge in [-0.2, -0.15) is 0 Å². The summed E-state index contributed by atoms with van der Waals surface area (Å²) in [7, 11) is 1.62. The SMILES string of the molecule is COc1ccc2nc(NC(=O)CCC(=O)c3ccc4c(c3)CCCC4)sc2c1. The highest BCUT2D eigenvalue weighted by atomic mass is 32.1. The molecule has 1 aliphatic rings. The van der Waals surface area contributed by atoms with Crippen LogP contribution in [-0.2, 0) is 17.6 Å². The Hall–Kier alpha value is -2.73. The second kappa shape index (κ2) is 8.10. The lowest BCUT2D eigenvalue weighted by Gasteiger charge is -2.16. The number of aryl methyl sites for hydroxylation is 2. The maximum atomic E-state index is 12.5. The van der Waals surface area contributed by atoms with Crippen LogP contribution in [0.3, 0.4) is 0 Å². The van der Waals surface area contributed by atoms with Crippen LogP contribution in [0.15, 0.2) is 36.4 Å². The molecule has 6 heteroatoms. The van der Waals surface area contributed by atoms with Gasteiger partial charge in [0.05, 0.1) is 17.3 Å². The van der Waals surface area contributed by atoms with Gasteiger partial charge in [0.1, 0.15) is 5.75 Å². The van der Waals surface area contributed by atoms with Crippen LogP contribution in [0, 0.1) is 0 Å². The van der Waals surface area contributed by atoms with E-state index in [-0.39, 0.29) is 24.5 Å². The van der Waals surface area contributed by atoms with Crippen molar-refractivity contribution in [2.75, 3.05) is 12.4 Å². The minimum Gasteiger partial charge on any atom is -0.497 e. The van der Waals surface area contributed by atoms with Crippen LogP contribution in [0.4, 0.5) is 5.13 Å². The molecule has 1 amide bonds. The summed E-state index contributed by atoms with van der Waals surface area (Å²) in [5.74, 6) is 0.569. The summed E-state index contributed by atoms with van der Waals surface area (Å²) < 4.78 is 6.15. The van der Waals surface area contributed by atoms with Gasteiger partial charge in [0, 0.05) is 18.4 Å². The maximum absolute atomic E-state index is 12.5. The number of ketones is 1. The van der Waals surface area contributed by atoms with Crippen molar-refractivity contribution in [3.63, 3.8) is 0 Å². The number of nitrogens with zero attached hydrogens (tertiary/aromatic N) is 1. The molecule has 0 unspecified atom stereocenters. The van der Waals surface area contributed by atoms with Crippen LogP contribution in [-0.4, -0.2) is 23.8 Å². The molecule has 1 aliphatic carbocycles. The lowest BCUT2D eigenvalue weighted by atomic mass is 9.89. The van der Waals surface area contributed by atoms with Crippen LogP contribution in [0.25, 0.3) is 10.2 Å². The van der Waals surface area contributed by atoms with E-state index in [1.165, 1.54) is 35.3 Å². The molecule has 0 aliphatic heterocycles. The van der Waals surface area contributed by atoms with E-state index in [0.717, 1.165) is 28.8 Å². The van der Waals surface area contributed by atoms with Gasteiger partial charge in [-0.15, -0.1) is 0 Å². The van der Waals surface area contributed by atoms with E-state index in [1.807, 2.05) is 30.3 Å². The van der Waals surface area contributed by atoms with E-state index in [2.05, 4.69) is 16.4 Å². The lowest BCUT2D eigenvalue weighted by molar-refractivity contribution is -0.116. The predicted molar refractivity (Wildman–Crippen MR) is 111 cm³/mol. The highest BCUT2D eigenvalue weighted by Gasteiger charge is 2.15. The molecule has 0 radical (unpaired) electrons. The van der Waals surface area contributed by atoms with Crippen molar-refractivity contribution in [2.45, 2.75) is 38.5 Å². The van der Waals surface area contributed by atoms with Gasteiger partial charge >= 0.3 is 0 Å². The molecule has 5 nitrogen and oxygen atoms in total. The second-order valence-corrected chi connectivity index (χ2v) is 8.05. The van der Waals surface area contributed by atoms with Gasteiger partial charge in [-0.1, -0.05) is 23.5 Å². The standard InChI is InChI=1S/C22H22N2O3S/c1-27-17-8-9-18-20(13-17)28-22(23-18)24-21(26)11-10-19(25)16-7-6-14-4-2-3-5-15(14)12-16/h6-9,12-13H,2-5,10-11H2,1H3,(H,23,24,26). The Kier molecular flexibility index (Phi) is 5.39. The zero-order valence-electron chi connectivity index (χ0n) is 15.8. The Balaban J connectivity index is 1.36. The molecule has 0 spiro atoms. The second-order valence-electron chi connectivity index (χ2n) is 7.01. The first kappa shape index (κ1) is 18.6. The van der Waals surface area contributed by atoms with Crippen molar-refractivity contribution >= 4 is 38.4 Å². The number of thiazole rings is 1. The van der Waals surface area contributed by atoms with Crippen LogP contribution in [0.2, 0.25) is 0 Å². The third kappa shape index (κ3) is 4.07. The van der Waals surface area contributed by atoms with Crippen LogP contribution in [0.5, 0.6) is 5.75 Å². The van der Waals surface area contributed by atoms with E-state index < -0.39 is 0 Å². The molecule has 1 aromatic heterocycles. The van der Waals surface area contributed by atoms with Crippen LogP contribution in [0.1, 0.15) is 47.2 Å². The van der Waals surface area contributed by atoms with Crippen LogP contribution < -0.4 is 10.1 Å². The van der Waals surface area contributed by atoms with E-state index in [0.29, 0.717) is 10.7 Å². The number of nitrogens with one attached hydrogen (secondary N) is 1.